The van der Waals surface area contributed by atoms with Crippen molar-refractivity contribution in [3.8, 4) is 0 Å². The fraction of sp³-hybridized carbons (Fsp3) is 1.00. The molecule has 0 aromatic carbocycles. The first kappa shape index (κ1) is 15.5. The molecule has 0 aliphatic heterocycles. The molecule has 102 valence electrons. The van der Waals surface area contributed by atoms with E-state index in [2.05, 4.69) is 36.7 Å². The van der Waals surface area contributed by atoms with Crippen molar-refractivity contribution in [3.63, 3.8) is 0 Å². The van der Waals surface area contributed by atoms with Gasteiger partial charge in [-0.15, -0.1) is 0 Å². The third-order valence-corrected chi connectivity index (χ3v) is 5.76. The fourth-order valence-electron chi connectivity index (χ4n) is 3.18. The van der Waals surface area contributed by atoms with Crippen LogP contribution in [0.5, 0.6) is 0 Å². The number of alkyl halides is 1. The minimum atomic E-state index is 0.809. The first-order valence-electron chi connectivity index (χ1n) is 7.79. The predicted molar refractivity (Wildman–Crippen MR) is 81.8 cm³/mol. The van der Waals surface area contributed by atoms with E-state index in [0.717, 1.165) is 22.6 Å². The lowest BCUT2D eigenvalue weighted by atomic mass is 9.74. The zero-order chi connectivity index (χ0) is 12.7. The van der Waals surface area contributed by atoms with Crippen molar-refractivity contribution >= 4 is 15.9 Å². The highest BCUT2D eigenvalue weighted by Gasteiger charge is 2.29. The third kappa shape index (κ3) is 5.77. The van der Waals surface area contributed by atoms with Crippen molar-refractivity contribution in [2.24, 2.45) is 17.8 Å². The van der Waals surface area contributed by atoms with Crippen molar-refractivity contribution < 1.29 is 0 Å². The standard InChI is InChI=1S/C16H31Br/c1-4-5-6-7-8-9-15-12-14(13(2)3)10-11-16(15)17/h13-16H,4-12H2,1-3H3. The van der Waals surface area contributed by atoms with Crippen LogP contribution in [0.2, 0.25) is 0 Å². The zero-order valence-corrected chi connectivity index (χ0v) is 13.6. The van der Waals surface area contributed by atoms with E-state index in [1.807, 2.05) is 0 Å². The molecule has 0 spiro atoms. The molecule has 1 aliphatic carbocycles. The first-order chi connectivity index (χ1) is 8.15. The molecule has 3 unspecified atom stereocenters. The highest BCUT2D eigenvalue weighted by atomic mass is 79.9. The number of halogens is 1. The Morgan fingerprint density at radius 1 is 1.06 bits per heavy atom. The van der Waals surface area contributed by atoms with Crippen LogP contribution in [-0.2, 0) is 0 Å². The number of hydrogen-bond acceptors (Lipinski definition) is 0. The van der Waals surface area contributed by atoms with Gasteiger partial charge in [0.15, 0.2) is 0 Å². The third-order valence-electron chi connectivity index (χ3n) is 4.55. The van der Waals surface area contributed by atoms with Gasteiger partial charge < -0.3 is 0 Å². The lowest BCUT2D eigenvalue weighted by Gasteiger charge is -2.35. The van der Waals surface area contributed by atoms with Gasteiger partial charge in [0.05, 0.1) is 0 Å². The van der Waals surface area contributed by atoms with Crippen LogP contribution in [0.3, 0.4) is 0 Å². The van der Waals surface area contributed by atoms with Gasteiger partial charge in [-0.05, 0) is 43.4 Å². The quantitative estimate of drug-likeness (QED) is 0.389. The molecule has 0 radical (unpaired) electrons. The van der Waals surface area contributed by atoms with Crippen molar-refractivity contribution in [3.05, 3.63) is 0 Å². The van der Waals surface area contributed by atoms with E-state index in [-0.39, 0.29) is 0 Å². The Morgan fingerprint density at radius 2 is 1.76 bits per heavy atom. The largest absolute Gasteiger partial charge is 0.0888 e. The van der Waals surface area contributed by atoms with Gasteiger partial charge in [0.1, 0.15) is 0 Å². The Kier molecular flexibility index (Phi) is 7.82. The van der Waals surface area contributed by atoms with Crippen LogP contribution in [0.1, 0.15) is 78.6 Å². The van der Waals surface area contributed by atoms with Gasteiger partial charge in [0.2, 0.25) is 0 Å². The van der Waals surface area contributed by atoms with Crippen LogP contribution in [0.4, 0.5) is 0 Å². The molecule has 1 heteroatoms. The molecule has 0 bridgehead atoms. The van der Waals surface area contributed by atoms with Gasteiger partial charge in [-0.25, -0.2) is 0 Å². The van der Waals surface area contributed by atoms with Crippen LogP contribution in [-0.4, -0.2) is 4.83 Å². The van der Waals surface area contributed by atoms with Crippen molar-refractivity contribution in [2.45, 2.75) is 83.4 Å². The van der Waals surface area contributed by atoms with E-state index < -0.39 is 0 Å². The minimum Gasteiger partial charge on any atom is -0.0888 e. The number of rotatable bonds is 7. The van der Waals surface area contributed by atoms with Gasteiger partial charge in [-0.2, -0.15) is 0 Å². The summed E-state index contributed by atoms with van der Waals surface area (Å²) < 4.78 is 0. The summed E-state index contributed by atoms with van der Waals surface area (Å²) in [5, 5.41) is 0. The van der Waals surface area contributed by atoms with Crippen molar-refractivity contribution in [1.82, 2.24) is 0 Å². The Hall–Kier alpha value is 0.480. The van der Waals surface area contributed by atoms with Gasteiger partial charge in [-0.3, -0.25) is 0 Å². The summed E-state index contributed by atoms with van der Waals surface area (Å²) in [6, 6.07) is 0. The molecule has 0 saturated heterocycles. The average molecular weight is 303 g/mol. The molecule has 1 rings (SSSR count). The SMILES string of the molecule is CCCCCCCC1CC(C(C)C)CCC1Br. The second kappa shape index (κ2) is 8.56. The molecular formula is C16H31Br. The Bertz CT molecular complexity index is 188. The van der Waals surface area contributed by atoms with Gasteiger partial charge in [-0.1, -0.05) is 68.8 Å². The van der Waals surface area contributed by atoms with Crippen molar-refractivity contribution in [2.75, 3.05) is 0 Å². The van der Waals surface area contributed by atoms with E-state index in [4.69, 9.17) is 0 Å². The predicted octanol–water partition coefficient (Wildman–Crippen LogP) is 6.18. The molecule has 1 fully saturated rings. The molecule has 0 aromatic rings. The summed E-state index contributed by atoms with van der Waals surface area (Å²) >= 11 is 3.91. The second-order valence-electron chi connectivity index (χ2n) is 6.30. The molecule has 1 saturated carbocycles. The molecular weight excluding hydrogens is 272 g/mol. The molecule has 0 N–H and O–H groups in total. The molecule has 0 heterocycles. The topological polar surface area (TPSA) is 0 Å². The Balaban J connectivity index is 2.20. The maximum Gasteiger partial charge on any atom is 0.0174 e. The highest BCUT2D eigenvalue weighted by molar-refractivity contribution is 9.09. The van der Waals surface area contributed by atoms with E-state index in [1.165, 1.54) is 57.8 Å². The average Bonchev–Trinajstić information content (AvgIpc) is 2.30. The van der Waals surface area contributed by atoms with Gasteiger partial charge in [0.25, 0.3) is 0 Å². The first-order valence-corrected chi connectivity index (χ1v) is 8.70. The molecule has 0 amide bonds. The minimum absolute atomic E-state index is 0.809. The summed E-state index contributed by atoms with van der Waals surface area (Å²) in [5.74, 6) is 2.83. The number of hydrogen-bond donors (Lipinski definition) is 0. The van der Waals surface area contributed by atoms with Crippen LogP contribution >= 0.6 is 15.9 Å². The summed E-state index contributed by atoms with van der Waals surface area (Å²) in [7, 11) is 0. The molecule has 0 aromatic heterocycles. The summed E-state index contributed by atoms with van der Waals surface area (Å²) in [6.07, 6.45) is 12.9. The monoisotopic (exact) mass is 302 g/mol. The summed E-state index contributed by atoms with van der Waals surface area (Å²) in [4.78, 5) is 0.809. The van der Waals surface area contributed by atoms with Gasteiger partial charge >= 0.3 is 0 Å². The summed E-state index contributed by atoms with van der Waals surface area (Å²) in [6.45, 7) is 7.10. The van der Waals surface area contributed by atoms with E-state index in [1.54, 1.807) is 0 Å². The van der Waals surface area contributed by atoms with E-state index in [9.17, 15) is 0 Å². The molecule has 1 aliphatic rings. The Morgan fingerprint density at radius 3 is 2.41 bits per heavy atom. The van der Waals surface area contributed by atoms with E-state index >= 15 is 0 Å². The van der Waals surface area contributed by atoms with Crippen LogP contribution < -0.4 is 0 Å². The maximum atomic E-state index is 3.91. The number of unbranched alkanes of at least 4 members (excludes halogenated alkanes) is 4. The van der Waals surface area contributed by atoms with Crippen molar-refractivity contribution in [1.29, 1.82) is 0 Å². The maximum absolute atomic E-state index is 3.91. The lowest BCUT2D eigenvalue weighted by molar-refractivity contribution is 0.212. The zero-order valence-electron chi connectivity index (χ0n) is 12.1. The van der Waals surface area contributed by atoms with Crippen LogP contribution in [0.25, 0.3) is 0 Å². The van der Waals surface area contributed by atoms with Gasteiger partial charge in [0, 0.05) is 4.83 Å². The van der Waals surface area contributed by atoms with Crippen LogP contribution in [0.15, 0.2) is 0 Å². The molecule has 17 heavy (non-hydrogen) atoms. The molecule has 0 nitrogen and oxygen atoms in total. The lowest BCUT2D eigenvalue weighted by Crippen LogP contribution is -2.27. The molecule has 3 atom stereocenters. The van der Waals surface area contributed by atoms with Crippen LogP contribution in [0, 0.1) is 17.8 Å². The second-order valence-corrected chi connectivity index (χ2v) is 7.47. The Labute approximate surface area is 117 Å². The highest BCUT2D eigenvalue weighted by Crippen LogP contribution is 2.39. The fourth-order valence-corrected chi connectivity index (χ4v) is 3.92. The smallest absolute Gasteiger partial charge is 0.0174 e. The summed E-state index contributed by atoms with van der Waals surface area (Å²) in [5.41, 5.74) is 0. The van der Waals surface area contributed by atoms with E-state index in [0.29, 0.717) is 0 Å². The normalized spacial score (nSPS) is 29.8.